The lowest BCUT2D eigenvalue weighted by molar-refractivity contribution is -0.136. The van der Waals surface area contributed by atoms with Crippen LogP contribution in [0.2, 0.25) is 0 Å². The van der Waals surface area contributed by atoms with Gasteiger partial charge < -0.3 is 15.7 Å². The van der Waals surface area contributed by atoms with Crippen molar-refractivity contribution in [2.45, 2.75) is 6.10 Å². The van der Waals surface area contributed by atoms with Crippen LogP contribution in [0, 0.1) is 11.3 Å². The molecule has 2 amide bonds. The van der Waals surface area contributed by atoms with E-state index < -0.39 is 17.9 Å². The molecule has 0 unspecified atom stereocenters. The molecule has 0 saturated heterocycles. The van der Waals surface area contributed by atoms with Crippen molar-refractivity contribution >= 4 is 28.8 Å². The van der Waals surface area contributed by atoms with Gasteiger partial charge in [-0.15, -0.1) is 0 Å². The monoisotopic (exact) mass is 391 g/mol. The Morgan fingerprint density at radius 2 is 1.79 bits per heavy atom. The van der Waals surface area contributed by atoms with Gasteiger partial charge >= 0.3 is 11.8 Å². The Morgan fingerprint density at radius 3 is 2.46 bits per heavy atom. The van der Waals surface area contributed by atoms with Crippen LogP contribution in [0.25, 0.3) is 11.1 Å². The Labute approximate surface area is 166 Å². The lowest BCUT2D eigenvalue weighted by Crippen LogP contribution is -2.37. The summed E-state index contributed by atoms with van der Waals surface area (Å²) in [5.41, 5.74) is 3.30. The molecule has 0 fully saturated rings. The molecule has 3 N–H and O–H groups in total. The van der Waals surface area contributed by atoms with Crippen molar-refractivity contribution in [1.29, 1.82) is 5.26 Å². The zero-order chi connectivity index (χ0) is 19.9. The number of amides is 2. The normalized spacial score (nSPS) is 11.3. The fourth-order valence-electron chi connectivity index (χ4n) is 2.58. The van der Waals surface area contributed by atoms with Gasteiger partial charge in [-0.05, 0) is 45.6 Å². The molecule has 0 aliphatic heterocycles. The van der Waals surface area contributed by atoms with Gasteiger partial charge in [0.15, 0.2) is 0 Å². The maximum absolute atomic E-state index is 12.0. The van der Waals surface area contributed by atoms with Gasteiger partial charge in [0, 0.05) is 6.54 Å². The number of aliphatic hydroxyl groups excluding tert-OH is 1. The molecule has 3 rings (SSSR count). The van der Waals surface area contributed by atoms with Crippen LogP contribution in [0.1, 0.15) is 17.2 Å². The fraction of sp³-hybridized carbons (Fsp3) is 0.0952. The minimum atomic E-state index is -0.945. The average molecular weight is 391 g/mol. The second-order valence-corrected chi connectivity index (χ2v) is 6.75. The van der Waals surface area contributed by atoms with Gasteiger partial charge in [0.25, 0.3) is 0 Å². The van der Waals surface area contributed by atoms with Gasteiger partial charge in [-0.2, -0.15) is 16.6 Å². The number of para-hydroxylation sites is 1. The van der Waals surface area contributed by atoms with E-state index in [1.165, 1.54) is 12.1 Å². The highest BCUT2D eigenvalue weighted by Crippen LogP contribution is 2.24. The van der Waals surface area contributed by atoms with Crippen LogP contribution in [-0.4, -0.2) is 23.5 Å². The predicted octanol–water partition coefficient (Wildman–Crippen LogP) is 3.08. The molecule has 1 heterocycles. The Hall–Kier alpha value is -3.47. The molecule has 1 aromatic heterocycles. The van der Waals surface area contributed by atoms with E-state index >= 15 is 0 Å². The lowest BCUT2D eigenvalue weighted by atomic mass is 10.0. The first-order valence-corrected chi connectivity index (χ1v) is 9.41. The van der Waals surface area contributed by atoms with E-state index in [0.717, 1.165) is 11.1 Å². The molecule has 0 aliphatic carbocycles. The summed E-state index contributed by atoms with van der Waals surface area (Å²) >= 11 is 1.61. The predicted molar refractivity (Wildman–Crippen MR) is 108 cm³/mol. The number of carbonyl (C=O) groups is 2. The average Bonchev–Trinajstić information content (AvgIpc) is 3.27. The zero-order valence-electron chi connectivity index (χ0n) is 14.8. The third kappa shape index (κ3) is 4.62. The number of carbonyl (C=O) groups excluding carboxylic acids is 2. The van der Waals surface area contributed by atoms with E-state index in [2.05, 4.69) is 10.6 Å². The molecule has 28 heavy (non-hydrogen) atoms. The number of aliphatic hydroxyl groups is 1. The van der Waals surface area contributed by atoms with Crippen molar-refractivity contribution in [3.05, 3.63) is 76.5 Å². The van der Waals surface area contributed by atoms with Gasteiger partial charge in [-0.3, -0.25) is 9.59 Å². The summed E-state index contributed by atoms with van der Waals surface area (Å²) in [6, 6.07) is 17.7. The van der Waals surface area contributed by atoms with Crippen LogP contribution in [0.5, 0.6) is 0 Å². The number of nitrogens with zero attached hydrogens (tertiary/aromatic N) is 1. The van der Waals surface area contributed by atoms with E-state index in [1.54, 1.807) is 35.6 Å². The molecule has 3 aromatic rings. The standard InChI is InChI=1S/C21H17N3O3S/c22-11-16-3-1-2-4-18(16)24-21(27)20(26)23-12-19(25)15-7-5-14(6-8-15)17-9-10-28-13-17/h1-10,13,19,25H,12H2,(H,23,26)(H,24,27)/t19-/m0/s1. The number of hydrogen-bond donors (Lipinski definition) is 3. The smallest absolute Gasteiger partial charge is 0.313 e. The number of hydrogen-bond acceptors (Lipinski definition) is 5. The molecule has 2 aromatic carbocycles. The van der Waals surface area contributed by atoms with E-state index in [4.69, 9.17) is 5.26 Å². The molecule has 140 valence electrons. The third-order valence-electron chi connectivity index (χ3n) is 4.11. The SMILES string of the molecule is N#Cc1ccccc1NC(=O)C(=O)NC[C@H](O)c1ccc(-c2ccsc2)cc1. The molecule has 1 atom stereocenters. The first-order chi connectivity index (χ1) is 13.6. The van der Waals surface area contributed by atoms with Crippen molar-refractivity contribution in [3.8, 4) is 17.2 Å². The number of rotatable bonds is 5. The second-order valence-electron chi connectivity index (χ2n) is 5.97. The first-order valence-electron chi connectivity index (χ1n) is 8.47. The Balaban J connectivity index is 1.55. The lowest BCUT2D eigenvalue weighted by Gasteiger charge is -2.13. The Morgan fingerprint density at radius 1 is 1.04 bits per heavy atom. The summed E-state index contributed by atoms with van der Waals surface area (Å²) in [4.78, 5) is 24.0. The van der Waals surface area contributed by atoms with Crippen molar-refractivity contribution in [2.24, 2.45) is 0 Å². The van der Waals surface area contributed by atoms with Crippen molar-refractivity contribution in [3.63, 3.8) is 0 Å². The van der Waals surface area contributed by atoms with Crippen LogP contribution in [0.4, 0.5) is 5.69 Å². The Kier molecular flexibility index (Phi) is 6.17. The summed E-state index contributed by atoms with van der Waals surface area (Å²) in [5.74, 6) is -1.79. The summed E-state index contributed by atoms with van der Waals surface area (Å²) < 4.78 is 0. The van der Waals surface area contributed by atoms with Gasteiger partial charge in [0.05, 0.1) is 17.4 Å². The van der Waals surface area contributed by atoms with E-state index in [0.29, 0.717) is 5.56 Å². The molecular weight excluding hydrogens is 374 g/mol. The van der Waals surface area contributed by atoms with Crippen LogP contribution in [0.3, 0.4) is 0 Å². The number of thiophene rings is 1. The number of benzene rings is 2. The number of anilines is 1. The molecule has 7 heteroatoms. The summed E-state index contributed by atoms with van der Waals surface area (Å²) in [5, 5.41) is 28.1. The number of nitriles is 1. The summed E-state index contributed by atoms with van der Waals surface area (Å²) in [7, 11) is 0. The highest BCUT2D eigenvalue weighted by molar-refractivity contribution is 7.08. The molecule has 0 saturated carbocycles. The van der Waals surface area contributed by atoms with Crippen LogP contribution in [0.15, 0.2) is 65.4 Å². The van der Waals surface area contributed by atoms with E-state index in [1.807, 2.05) is 35.0 Å². The highest BCUT2D eigenvalue weighted by Gasteiger charge is 2.17. The van der Waals surface area contributed by atoms with E-state index in [9.17, 15) is 14.7 Å². The van der Waals surface area contributed by atoms with Crippen LogP contribution in [-0.2, 0) is 9.59 Å². The van der Waals surface area contributed by atoms with Crippen LogP contribution >= 0.6 is 11.3 Å². The fourth-order valence-corrected chi connectivity index (χ4v) is 3.25. The topological polar surface area (TPSA) is 102 Å². The third-order valence-corrected chi connectivity index (χ3v) is 4.79. The van der Waals surface area contributed by atoms with Crippen molar-refractivity contribution < 1.29 is 14.7 Å². The maximum atomic E-state index is 12.0. The molecule has 0 bridgehead atoms. The minimum Gasteiger partial charge on any atom is -0.387 e. The molecule has 0 spiro atoms. The molecule has 0 radical (unpaired) electrons. The summed E-state index contributed by atoms with van der Waals surface area (Å²) in [6.45, 7) is -0.107. The van der Waals surface area contributed by atoms with Gasteiger partial charge in [-0.25, -0.2) is 0 Å². The molecule has 6 nitrogen and oxygen atoms in total. The molecule has 0 aliphatic rings. The van der Waals surface area contributed by atoms with E-state index in [-0.39, 0.29) is 17.8 Å². The number of nitrogens with one attached hydrogen (secondary N) is 2. The van der Waals surface area contributed by atoms with Crippen molar-refractivity contribution in [1.82, 2.24) is 5.32 Å². The van der Waals surface area contributed by atoms with Crippen LogP contribution < -0.4 is 10.6 Å². The first kappa shape index (κ1) is 19.3. The summed E-state index contributed by atoms with van der Waals surface area (Å²) in [6.07, 6.45) is -0.945. The van der Waals surface area contributed by atoms with Gasteiger partial charge in [0.1, 0.15) is 6.07 Å². The van der Waals surface area contributed by atoms with Crippen molar-refractivity contribution in [2.75, 3.05) is 11.9 Å². The Bertz CT molecular complexity index is 1010. The minimum absolute atomic E-state index is 0.107. The maximum Gasteiger partial charge on any atom is 0.313 e. The van der Waals surface area contributed by atoms with Gasteiger partial charge in [0.2, 0.25) is 0 Å². The largest absolute Gasteiger partial charge is 0.387 e. The van der Waals surface area contributed by atoms with Gasteiger partial charge in [-0.1, -0.05) is 36.4 Å². The zero-order valence-corrected chi connectivity index (χ0v) is 15.6. The second kappa shape index (κ2) is 8.95. The molecular formula is C21H17N3O3S. The quantitative estimate of drug-likeness (QED) is 0.582. The highest BCUT2D eigenvalue weighted by atomic mass is 32.1.